The first-order chi connectivity index (χ1) is 8.63. The van der Waals surface area contributed by atoms with Crippen LogP contribution >= 0.6 is 0 Å². The van der Waals surface area contributed by atoms with E-state index in [-0.39, 0.29) is 0 Å². The van der Waals surface area contributed by atoms with Crippen molar-refractivity contribution in [3.63, 3.8) is 0 Å². The molecule has 0 heterocycles. The summed E-state index contributed by atoms with van der Waals surface area (Å²) in [4.78, 5) is 0. The maximum atomic E-state index is 2.54. The minimum Gasteiger partial charge on any atom is -0.0695 e. The van der Waals surface area contributed by atoms with Crippen molar-refractivity contribution in [3.05, 3.63) is 22.3 Å². The van der Waals surface area contributed by atoms with Gasteiger partial charge in [-0.25, -0.2) is 0 Å². The van der Waals surface area contributed by atoms with Crippen molar-refractivity contribution in [2.24, 2.45) is 23.7 Å². The zero-order valence-corrected chi connectivity index (χ0v) is 15.2. The van der Waals surface area contributed by atoms with Gasteiger partial charge in [0.15, 0.2) is 0 Å². The Balaban J connectivity index is 2.38. The summed E-state index contributed by atoms with van der Waals surface area (Å²) >= 11 is 0. The zero-order chi connectivity index (χ0) is 14.5. The lowest BCUT2D eigenvalue weighted by Crippen LogP contribution is -2.30. The first-order valence-electron chi connectivity index (χ1n) is 7.98. The summed E-state index contributed by atoms with van der Waals surface area (Å²) in [7, 11) is -0.957. The van der Waals surface area contributed by atoms with Crippen LogP contribution in [0.2, 0.25) is 25.7 Å². The average molecular weight is 277 g/mol. The second-order valence-corrected chi connectivity index (χ2v) is 13.9. The van der Waals surface area contributed by atoms with E-state index in [4.69, 9.17) is 0 Å². The van der Waals surface area contributed by atoms with E-state index in [0.717, 1.165) is 23.7 Å². The molecule has 108 valence electrons. The van der Waals surface area contributed by atoms with Crippen LogP contribution in [0.5, 0.6) is 0 Å². The summed E-state index contributed by atoms with van der Waals surface area (Å²) < 4.78 is 0. The second kappa shape index (κ2) is 4.91. The van der Waals surface area contributed by atoms with Crippen LogP contribution < -0.4 is 0 Å². The second-order valence-electron chi connectivity index (χ2n) is 8.41. The molecule has 0 amide bonds. The van der Waals surface area contributed by atoms with Gasteiger partial charge in [-0.1, -0.05) is 43.8 Å². The summed E-state index contributed by atoms with van der Waals surface area (Å²) in [5.74, 6) is 3.52. The number of hydrogen-bond acceptors (Lipinski definition) is 0. The SMILES string of the molecule is CC1=C(C)C2C(C)CC(C[Si](C)(C)C)C2C(C)=C1C. The number of rotatable bonds is 2. The molecule has 0 aromatic heterocycles. The minimum atomic E-state index is -0.957. The minimum absolute atomic E-state index is 0.838. The Hall–Kier alpha value is -0.303. The first-order valence-corrected chi connectivity index (χ1v) is 11.7. The van der Waals surface area contributed by atoms with Crippen LogP contribution in [-0.4, -0.2) is 8.07 Å². The summed E-state index contributed by atoms with van der Waals surface area (Å²) in [6.07, 6.45) is 1.45. The molecule has 4 unspecified atom stereocenters. The Morgan fingerprint density at radius 3 is 1.84 bits per heavy atom. The molecule has 0 bridgehead atoms. The van der Waals surface area contributed by atoms with E-state index in [1.807, 2.05) is 0 Å². The number of allylic oxidation sites excluding steroid dienone is 4. The molecule has 0 aliphatic heterocycles. The molecular formula is C18H32Si. The van der Waals surface area contributed by atoms with E-state index in [9.17, 15) is 0 Å². The quantitative estimate of drug-likeness (QED) is 0.551. The fraction of sp³-hybridized carbons (Fsp3) is 0.778. The lowest BCUT2D eigenvalue weighted by molar-refractivity contribution is 0.378. The maximum Gasteiger partial charge on any atom is 0.0445 e. The highest BCUT2D eigenvalue weighted by molar-refractivity contribution is 6.76. The van der Waals surface area contributed by atoms with Gasteiger partial charge < -0.3 is 0 Å². The fourth-order valence-electron chi connectivity index (χ4n) is 4.83. The van der Waals surface area contributed by atoms with Crippen molar-refractivity contribution < 1.29 is 0 Å². The Labute approximate surface area is 121 Å². The first kappa shape index (κ1) is 15.1. The standard InChI is InChI=1S/C18H32Si/c1-11-9-16(10-19(6,7)8)18-15(5)13(3)12(2)14(4)17(11)18/h11,16-18H,9-10H2,1-8H3. The monoisotopic (exact) mass is 276 g/mol. The largest absolute Gasteiger partial charge is 0.0695 e. The van der Waals surface area contributed by atoms with Gasteiger partial charge in [-0.05, 0) is 68.9 Å². The van der Waals surface area contributed by atoms with Crippen LogP contribution in [0.15, 0.2) is 22.3 Å². The van der Waals surface area contributed by atoms with Crippen molar-refractivity contribution in [2.75, 3.05) is 0 Å². The fourth-order valence-corrected chi connectivity index (χ4v) is 6.82. The van der Waals surface area contributed by atoms with Crippen molar-refractivity contribution in [1.29, 1.82) is 0 Å². The molecular weight excluding hydrogens is 244 g/mol. The molecule has 2 aliphatic carbocycles. The number of hydrogen-bond donors (Lipinski definition) is 0. The lowest BCUT2D eigenvalue weighted by Gasteiger charge is -2.36. The summed E-state index contributed by atoms with van der Waals surface area (Å²) in [5.41, 5.74) is 6.58. The predicted octanol–water partition coefficient (Wildman–Crippen LogP) is 5.90. The maximum absolute atomic E-state index is 2.54. The van der Waals surface area contributed by atoms with Gasteiger partial charge in [-0.3, -0.25) is 0 Å². The third kappa shape index (κ3) is 2.63. The molecule has 4 atom stereocenters. The summed E-state index contributed by atoms with van der Waals surface area (Å²) in [6, 6.07) is 1.51. The molecule has 2 rings (SSSR count). The molecule has 1 saturated carbocycles. The van der Waals surface area contributed by atoms with Crippen molar-refractivity contribution in [2.45, 2.75) is 66.7 Å². The van der Waals surface area contributed by atoms with Gasteiger partial charge in [0.2, 0.25) is 0 Å². The number of fused-ring (bicyclic) bond motifs is 1. The highest BCUT2D eigenvalue weighted by Crippen LogP contribution is 2.55. The van der Waals surface area contributed by atoms with Crippen molar-refractivity contribution >= 4 is 8.07 Å². The van der Waals surface area contributed by atoms with Crippen LogP contribution in [-0.2, 0) is 0 Å². The molecule has 0 radical (unpaired) electrons. The molecule has 0 nitrogen and oxygen atoms in total. The molecule has 0 N–H and O–H groups in total. The van der Waals surface area contributed by atoms with E-state index in [0.29, 0.717) is 0 Å². The van der Waals surface area contributed by atoms with Gasteiger partial charge in [0.25, 0.3) is 0 Å². The van der Waals surface area contributed by atoms with Gasteiger partial charge in [0, 0.05) is 8.07 Å². The summed E-state index contributed by atoms with van der Waals surface area (Å²) in [6.45, 7) is 19.6. The topological polar surface area (TPSA) is 0 Å². The van der Waals surface area contributed by atoms with E-state index < -0.39 is 8.07 Å². The van der Waals surface area contributed by atoms with E-state index >= 15 is 0 Å². The Bertz CT molecular complexity index is 433. The van der Waals surface area contributed by atoms with E-state index in [1.165, 1.54) is 12.5 Å². The van der Waals surface area contributed by atoms with Crippen molar-refractivity contribution in [1.82, 2.24) is 0 Å². The molecule has 0 aromatic rings. The molecule has 2 aliphatic rings. The van der Waals surface area contributed by atoms with Crippen LogP contribution in [0.4, 0.5) is 0 Å². The third-order valence-electron chi connectivity index (χ3n) is 5.80. The Morgan fingerprint density at radius 1 is 0.895 bits per heavy atom. The third-order valence-corrected chi connectivity index (χ3v) is 7.55. The van der Waals surface area contributed by atoms with Crippen molar-refractivity contribution in [3.8, 4) is 0 Å². The van der Waals surface area contributed by atoms with Crippen LogP contribution in [0.1, 0.15) is 41.0 Å². The average Bonchev–Trinajstić information content (AvgIpc) is 2.58. The van der Waals surface area contributed by atoms with Gasteiger partial charge in [-0.2, -0.15) is 0 Å². The van der Waals surface area contributed by atoms with Gasteiger partial charge in [0.05, 0.1) is 0 Å². The highest BCUT2D eigenvalue weighted by atomic mass is 28.3. The zero-order valence-electron chi connectivity index (χ0n) is 14.2. The normalized spacial score (nSPS) is 36.0. The Morgan fingerprint density at radius 2 is 1.37 bits per heavy atom. The van der Waals surface area contributed by atoms with E-state index in [1.54, 1.807) is 22.3 Å². The lowest BCUT2D eigenvalue weighted by atomic mass is 9.71. The Kier molecular flexibility index (Phi) is 3.90. The van der Waals surface area contributed by atoms with Crippen LogP contribution in [0.3, 0.4) is 0 Å². The van der Waals surface area contributed by atoms with E-state index in [2.05, 4.69) is 54.3 Å². The molecule has 0 saturated heterocycles. The van der Waals surface area contributed by atoms with Crippen LogP contribution in [0.25, 0.3) is 0 Å². The summed E-state index contributed by atoms with van der Waals surface area (Å²) in [5, 5.41) is 0. The van der Waals surface area contributed by atoms with Crippen LogP contribution in [0, 0.1) is 23.7 Å². The van der Waals surface area contributed by atoms with Gasteiger partial charge >= 0.3 is 0 Å². The van der Waals surface area contributed by atoms with Gasteiger partial charge in [0.1, 0.15) is 0 Å². The molecule has 1 heteroatoms. The predicted molar refractivity (Wildman–Crippen MR) is 89.2 cm³/mol. The van der Waals surface area contributed by atoms with Gasteiger partial charge in [-0.15, -0.1) is 0 Å². The molecule has 0 spiro atoms. The molecule has 1 fully saturated rings. The molecule has 0 aromatic carbocycles. The smallest absolute Gasteiger partial charge is 0.0445 e. The highest BCUT2D eigenvalue weighted by Gasteiger charge is 2.46. The molecule has 19 heavy (non-hydrogen) atoms.